The fraction of sp³-hybridized carbons (Fsp3) is 0.965. The van der Waals surface area contributed by atoms with E-state index in [1.165, 1.54) is 372 Å². The van der Waals surface area contributed by atoms with Gasteiger partial charge < -0.3 is 65.1 Å². The molecule has 0 aromatic heterocycles. The Kier molecular flexibility index (Phi) is 67.0. The van der Waals surface area contributed by atoms with E-state index in [2.05, 4.69) is 19.2 Å². The van der Waals surface area contributed by atoms with Crippen molar-refractivity contribution in [3.63, 3.8) is 0 Å². The van der Waals surface area contributed by atoms with Gasteiger partial charge in [0, 0.05) is 6.42 Å². The predicted octanol–water partition coefficient (Wildman–Crippen LogP) is 20.8. The van der Waals surface area contributed by atoms with Gasteiger partial charge in [-0.25, -0.2) is 0 Å². The maximum atomic E-state index is 13.4. The number of aliphatic hydroxyl groups is 8. The van der Waals surface area contributed by atoms with Gasteiger partial charge in [0.25, 0.3) is 0 Å². The first-order valence-corrected chi connectivity index (χ1v) is 43.9. The van der Waals surface area contributed by atoms with Crippen LogP contribution in [-0.4, -0.2) is 140 Å². The average molecular weight is 1420 g/mol. The third-order valence-corrected chi connectivity index (χ3v) is 22.0. The summed E-state index contributed by atoms with van der Waals surface area (Å²) in [6.45, 7) is 2.89. The average Bonchev–Trinajstić information content (AvgIpc) is 0.791. The first-order valence-electron chi connectivity index (χ1n) is 43.9. The van der Waals surface area contributed by atoms with Crippen molar-refractivity contribution in [2.75, 3.05) is 19.8 Å². The van der Waals surface area contributed by atoms with E-state index in [9.17, 15) is 45.6 Å². The van der Waals surface area contributed by atoms with Crippen LogP contribution in [0, 0.1) is 0 Å². The summed E-state index contributed by atoms with van der Waals surface area (Å²) in [5, 5.41) is 87.8. The van der Waals surface area contributed by atoms with Crippen molar-refractivity contribution in [1.29, 1.82) is 0 Å². The van der Waals surface area contributed by atoms with Crippen LogP contribution < -0.4 is 5.32 Å². The van der Waals surface area contributed by atoms with E-state index in [1.54, 1.807) is 6.08 Å². The lowest BCUT2D eigenvalue weighted by atomic mass is 9.97. The SMILES string of the molecule is CCCCCCCCCCCCCCCCCCCCCCCCCCCC/C=C/C(O)C(COC1OC(CO)C(OC2OC(CO)C(O)C(O)C2O)C(O)C1O)NC(=O)CCCCCCCCCCCCCCCCCCCCCCCCCCCCCCCCCCCCCCCC. The van der Waals surface area contributed by atoms with Crippen LogP contribution in [-0.2, 0) is 23.7 Å². The third-order valence-electron chi connectivity index (χ3n) is 22.0. The van der Waals surface area contributed by atoms with Crippen molar-refractivity contribution in [3.05, 3.63) is 12.2 Å². The molecule has 14 nitrogen and oxygen atoms in total. The van der Waals surface area contributed by atoms with Crippen molar-refractivity contribution >= 4 is 5.91 Å². The van der Waals surface area contributed by atoms with Crippen LogP contribution in [0.1, 0.15) is 438 Å². The highest BCUT2D eigenvalue weighted by Crippen LogP contribution is 2.31. The van der Waals surface area contributed by atoms with Crippen LogP contribution >= 0.6 is 0 Å². The van der Waals surface area contributed by atoms with E-state index >= 15 is 0 Å². The molecule has 0 spiro atoms. The molecule has 12 atom stereocenters. The Balaban J connectivity index is 1.56. The molecule has 0 aromatic carbocycles. The molecule has 9 N–H and O–H groups in total. The first-order chi connectivity index (χ1) is 49.1. The minimum Gasteiger partial charge on any atom is -0.394 e. The van der Waals surface area contributed by atoms with Gasteiger partial charge in [0.05, 0.1) is 32.0 Å². The standard InChI is InChI=1S/C86H167NO13/c1-3-5-7-9-11-13-15-17-19-21-23-25-27-29-31-33-34-35-36-37-38-39-40-41-42-44-46-48-50-52-54-56-58-60-62-64-66-68-70-78(91)87-74(73-97-85-83(96)81(94)84(77(72-89)99-85)100-86-82(95)80(93)79(92)76(71-88)98-86)75(90)69-67-65-63-61-59-57-55-53-51-49-47-45-43-32-30-28-26-24-22-20-18-16-14-12-10-8-6-4-2/h67,69,74-77,79-86,88-90,92-96H,3-66,68,70-73H2,1-2H3,(H,87,91)/b69-67+. The van der Waals surface area contributed by atoms with E-state index in [1.807, 2.05) is 6.08 Å². The van der Waals surface area contributed by atoms with Crippen LogP contribution in [0.4, 0.5) is 0 Å². The highest BCUT2D eigenvalue weighted by Gasteiger charge is 2.51. The zero-order valence-electron chi connectivity index (χ0n) is 65.5. The highest BCUT2D eigenvalue weighted by atomic mass is 16.7. The van der Waals surface area contributed by atoms with Gasteiger partial charge in [-0.05, 0) is 19.3 Å². The van der Waals surface area contributed by atoms with Crippen LogP contribution in [0.2, 0.25) is 0 Å². The molecule has 2 saturated heterocycles. The van der Waals surface area contributed by atoms with E-state index in [-0.39, 0.29) is 18.9 Å². The Morgan fingerprint density at radius 3 is 0.920 bits per heavy atom. The molecule has 0 radical (unpaired) electrons. The lowest BCUT2D eigenvalue weighted by Gasteiger charge is -2.46. The summed E-state index contributed by atoms with van der Waals surface area (Å²) in [5.41, 5.74) is 0. The van der Waals surface area contributed by atoms with Gasteiger partial charge in [0.1, 0.15) is 48.8 Å². The van der Waals surface area contributed by atoms with Crippen molar-refractivity contribution < 1.29 is 64.6 Å². The van der Waals surface area contributed by atoms with Gasteiger partial charge in [-0.1, -0.05) is 424 Å². The second-order valence-electron chi connectivity index (χ2n) is 31.4. The largest absolute Gasteiger partial charge is 0.394 e. The molecule has 100 heavy (non-hydrogen) atoms. The summed E-state index contributed by atoms with van der Waals surface area (Å²) < 4.78 is 23.0. The first kappa shape index (κ1) is 94.8. The second-order valence-corrected chi connectivity index (χ2v) is 31.4. The number of nitrogens with one attached hydrogen (secondary N) is 1. The fourth-order valence-corrected chi connectivity index (χ4v) is 15.1. The summed E-state index contributed by atoms with van der Waals surface area (Å²) >= 11 is 0. The Bertz CT molecular complexity index is 1730. The van der Waals surface area contributed by atoms with Crippen molar-refractivity contribution in [3.8, 4) is 0 Å². The number of ether oxygens (including phenoxy) is 4. The summed E-state index contributed by atoms with van der Waals surface area (Å²) in [7, 11) is 0. The zero-order chi connectivity index (χ0) is 72.2. The summed E-state index contributed by atoms with van der Waals surface area (Å²) in [4.78, 5) is 13.4. The Morgan fingerprint density at radius 1 is 0.350 bits per heavy atom. The van der Waals surface area contributed by atoms with Crippen LogP contribution in [0.15, 0.2) is 12.2 Å². The molecule has 0 aliphatic carbocycles. The molecule has 1 amide bonds. The fourth-order valence-electron chi connectivity index (χ4n) is 15.1. The third kappa shape index (κ3) is 52.7. The summed E-state index contributed by atoms with van der Waals surface area (Å²) in [6.07, 6.45) is 74.7. The number of amides is 1. The number of aliphatic hydroxyl groups excluding tert-OH is 8. The molecular formula is C86H167NO13. The number of unbranched alkanes of at least 4 members (excludes halogenated alkanes) is 63. The number of hydrogen-bond donors (Lipinski definition) is 9. The number of rotatable bonds is 76. The number of hydrogen-bond acceptors (Lipinski definition) is 13. The normalized spacial score (nSPS) is 21.8. The highest BCUT2D eigenvalue weighted by molar-refractivity contribution is 5.76. The quantitative estimate of drug-likeness (QED) is 0.0204. The summed E-state index contributed by atoms with van der Waals surface area (Å²) in [6, 6.07) is -0.913. The van der Waals surface area contributed by atoms with Gasteiger partial charge in [0.2, 0.25) is 5.91 Å². The van der Waals surface area contributed by atoms with E-state index in [0.29, 0.717) is 0 Å². The van der Waals surface area contributed by atoms with Crippen molar-refractivity contribution in [2.45, 2.75) is 511 Å². The van der Waals surface area contributed by atoms with Gasteiger partial charge in [-0.2, -0.15) is 0 Å². The van der Waals surface area contributed by atoms with Crippen LogP contribution in [0.3, 0.4) is 0 Å². The minimum atomic E-state index is -1.79. The van der Waals surface area contributed by atoms with Crippen LogP contribution in [0.5, 0.6) is 0 Å². The molecule has 0 saturated carbocycles. The predicted molar refractivity (Wildman–Crippen MR) is 416 cm³/mol. The molecule has 14 heteroatoms. The Labute approximate surface area is 616 Å². The molecule has 0 aromatic rings. The lowest BCUT2D eigenvalue weighted by molar-refractivity contribution is -0.359. The van der Waals surface area contributed by atoms with Gasteiger partial charge in [-0.3, -0.25) is 4.79 Å². The number of carbonyl (C=O) groups is 1. The Hall–Kier alpha value is -1.27. The monoisotopic (exact) mass is 1420 g/mol. The van der Waals surface area contributed by atoms with Gasteiger partial charge in [0.15, 0.2) is 12.6 Å². The minimum absolute atomic E-state index is 0.228. The Morgan fingerprint density at radius 2 is 0.620 bits per heavy atom. The smallest absolute Gasteiger partial charge is 0.220 e. The molecule has 594 valence electrons. The molecule has 2 aliphatic heterocycles. The number of allylic oxidation sites excluding steroid dienone is 1. The van der Waals surface area contributed by atoms with E-state index in [4.69, 9.17) is 18.9 Å². The van der Waals surface area contributed by atoms with Crippen LogP contribution in [0.25, 0.3) is 0 Å². The molecule has 0 bridgehead atoms. The lowest BCUT2D eigenvalue weighted by Crippen LogP contribution is -2.65. The van der Waals surface area contributed by atoms with Gasteiger partial charge >= 0.3 is 0 Å². The molecule has 12 unspecified atom stereocenters. The van der Waals surface area contributed by atoms with E-state index in [0.717, 1.165) is 44.9 Å². The zero-order valence-corrected chi connectivity index (χ0v) is 65.5. The maximum Gasteiger partial charge on any atom is 0.220 e. The molecule has 2 heterocycles. The topological polar surface area (TPSA) is 228 Å². The number of carbonyl (C=O) groups excluding carboxylic acids is 1. The van der Waals surface area contributed by atoms with Crippen molar-refractivity contribution in [2.24, 2.45) is 0 Å². The molecule has 2 fully saturated rings. The molecule has 2 aliphatic rings. The van der Waals surface area contributed by atoms with Crippen molar-refractivity contribution in [1.82, 2.24) is 5.32 Å². The maximum absolute atomic E-state index is 13.4. The van der Waals surface area contributed by atoms with E-state index < -0.39 is 86.8 Å². The summed E-state index contributed by atoms with van der Waals surface area (Å²) in [5.74, 6) is -0.228. The molecular weight excluding hydrogens is 1250 g/mol. The second kappa shape index (κ2) is 70.7. The van der Waals surface area contributed by atoms with Gasteiger partial charge in [-0.15, -0.1) is 0 Å². The molecule has 2 rings (SSSR count).